The number of alkyl halides is 1. The molecule has 0 aromatic carbocycles. The summed E-state index contributed by atoms with van der Waals surface area (Å²) in [6, 6.07) is 3.72. The molecule has 0 radical (unpaired) electrons. The number of anilines is 1. The third-order valence-electron chi connectivity index (χ3n) is 2.84. The molecule has 90 valence electrons. The molecule has 0 unspecified atom stereocenters. The Morgan fingerprint density at radius 1 is 1.35 bits per heavy atom. The van der Waals surface area contributed by atoms with Crippen molar-refractivity contribution < 1.29 is 4.39 Å². The molecule has 1 aromatic rings. The maximum Gasteiger partial charge on any atom is 0.234 e. The van der Waals surface area contributed by atoms with Crippen molar-refractivity contribution in [2.75, 3.05) is 44.3 Å². The summed E-state index contributed by atoms with van der Waals surface area (Å²) >= 11 is 0. The van der Waals surface area contributed by atoms with Crippen LogP contribution >= 0.6 is 0 Å². The third kappa shape index (κ3) is 2.88. The first-order chi connectivity index (χ1) is 8.33. The summed E-state index contributed by atoms with van der Waals surface area (Å²) < 4.78 is 12.2. The molecule has 1 aromatic heterocycles. The molecular formula is C11H14FN5. The Morgan fingerprint density at radius 3 is 2.76 bits per heavy atom. The second-order valence-corrected chi connectivity index (χ2v) is 3.87. The smallest absolute Gasteiger partial charge is 0.234 e. The normalized spacial score (nSPS) is 16.8. The predicted octanol–water partition coefficient (Wildman–Crippen LogP) is 0.440. The number of rotatable bonds is 3. The topological polar surface area (TPSA) is 56.1 Å². The first-order valence-corrected chi connectivity index (χ1v) is 5.60. The number of hydrogen-bond acceptors (Lipinski definition) is 5. The third-order valence-corrected chi connectivity index (χ3v) is 2.84. The molecule has 0 saturated carbocycles. The van der Waals surface area contributed by atoms with E-state index >= 15 is 0 Å². The van der Waals surface area contributed by atoms with E-state index in [2.05, 4.69) is 19.8 Å². The summed E-state index contributed by atoms with van der Waals surface area (Å²) in [5, 5.41) is 8.73. The van der Waals surface area contributed by atoms with Crippen molar-refractivity contribution in [3.8, 4) is 6.07 Å². The fourth-order valence-corrected chi connectivity index (χ4v) is 1.90. The van der Waals surface area contributed by atoms with Gasteiger partial charge in [-0.1, -0.05) is 0 Å². The Hall–Kier alpha value is -1.74. The zero-order chi connectivity index (χ0) is 12.1. The molecule has 1 aliphatic rings. The first-order valence-electron chi connectivity index (χ1n) is 5.60. The van der Waals surface area contributed by atoms with Crippen molar-refractivity contribution in [2.24, 2.45) is 0 Å². The van der Waals surface area contributed by atoms with E-state index in [1.54, 1.807) is 12.3 Å². The molecule has 0 aliphatic carbocycles. The van der Waals surface area contributed by atoms with Gasteiger partial charge in [0.2, 0.25) is 5.82 Å². The number of piperazine rings is 1. The van der Waals surface area contributed by atoms with Crippen LogP contribution in [0.1, 0.15) is 5.82 Å². The van der Waals surface area contributed by atoms with Gasteiger partial charge in [0.05, 0.1) is 0 Å². The lowest BCUT2D eigenvalue weighted by molar-refractivity contribution is 0.235. The average molecular weight is 235 g/mol. The van der Waals surface area contributed by atoms with E-state index in [9.17, 15) is 4.39 Å². The van der Waals surface area contributed by atoms with Crippen LogP contribution in [0.3, 0.4) is 0 Å². The van der Waals surface area contributed by atoms with E-state index in [1.165, 1.54) is 0 Å². The lowest BCUT2D eigenvalue weighted by Gasteiger charge is -2.34. The van der Waals surface area contributed by atoms with E-state index in [-0.39, 0.29) is 12.5 Å². The van der Waals surface area contributed by atoms with Crippen LogP contribution in [-0.4, -0.2) is 54.3 Å². The minimum atomic E-state index is -0.300. The van der Waals surface area contributed by atoms with Gasteiger partial charge in [-0.15, -0.1) is 0 Å². The van der Waals surface area contributed by atoms with Gasteiger partial charge >= 0.3 is 0 Å². The standard InChI is InChI=1S/C11H14FN5/c12-2-4-16-5-7-17(8-6-16)11-1-3-14-10(9-13)15-11/h1,3H,2,4-8H2. The van der Waals surface area contributed by atoms with Crippen molar-refractivity contribution >= 4 is 5.82 Å². The lowest BCUT2D eigenvalue weighted by Crippen LogP contribution is -2.47. The van der Waals surface area contributed by atoms with Gasteiger partial charge < -0.3 is 4.90 Å². The van der Waals surface area contributed by atoms with Gasteiger partial charge in [-0.2, -0.15) is 5.26 Å². The van der Waals surface area contributed by atoms with Crippen molar-refractivity contribution in [3.63, 3.8) is 0 Å². The summed E-state index contributed by atoms with van der Waals surface area (Å²) in [6.07, 6.45) is 1.59. The molecule has 0 spiro atoms. The molecule has 0 bridgehead atoms. The maximum absolute atomic E-state index is 12.2. The second kappa shape index (κ2) is 5.55. The Balaban J connectivity index is 1.98. The molecule has 2 rings (SSSR count). The van der Waals surface area contributed by atoms with Gasteiger partial charge in [-0.3, -0.25) is 4.90 Å². The van der Waals surface area contributed by atoms with Crippen molar-refractivity contribution in [1.82, 2.24) is 14.9 Å². The molecule has 0 atom stereocenters. The van der Waals surface area contributed by atoms with Gasteiger partial charge in [0, 0.05) is 38.9 Å². The zero-order valence-corrected chi connectivity index (χ0v) is 9.51. The highest BCUT2D eigenvalue weighted by Gasteiger charge is 2.17. The SMILES string of the molecule is N#Cc1nccc(N2CCN(CCF)CC2)n1. The van der Waals surface area contributed by atoms with Crippen LogP contribution in [0.25, 0.3) is 0 Å². The Labute approximate surface area is 99.5 Å². The molecule has 17 heavy (non-hydrogen) atoms. The molecule has 5 nitrogen and oxygen atoms in total. The van der Waals surface area contributed by atoms with Crippen molar-refractivity contribution in [2.45, 2.75) is 0 Å². The highest BCUT2D eigenvalue weighted by Crippen LogP contribution is 2.12. The Kier molecular flexibility index (Phi) is 3.83. The Morgan fingerprint density at radius 2 is 2.12 bits per heavy atom. The minimum Gasteiger partial charge on any atom is -0.354 e. The molecule has 0 N–H and O–H groups in total. The molecular weight excluding hydrogens is 221 g/mol. The molecule has 1 saturated heterocycles. The highest BCUT2D eigenvalue weighted by molar-refractivity contribution is 5.39. The number of halogens is 1. The summed E-state index contributed by atoms with van der Waals surface area (Å²) in [6.45, 7) is 3.47. The van der Waals surface area contributed by atoms with Crippen LogP contribution in [0, 0.1) is 11.3 Å². The average Bonchev–Trinajstić information content (AvgIpc) is 2.40. The van der Waals surface area contributed by atoms with E-state index < -0.39 is 0 Å². The lowest BCUT2D eigenvalue weighted by atomic mass is 10.3. The number of nitrogens with zero attached hydrogens (tertiary/aromatic N) is 5. The fraction of sp³-hybridized carbons (Fsp3) is 0.545. The van der Waals surface area contributed by atoms with Gasteiger partial charge in [-0.05, 0) is 6.07 Å². The quantitative estimate of drug-likeness (QED) is 0.761. The fourth-order valence-electron chi connectivity index (χ4n) is 1.90. The largest absolute Gasteiger partial charge is 0.354 e. The van der Waals surface area contributed by atoms with Gasteiger partial charge in [0.1, 0.15) is 18.6 Å². The maximum atomic E-state index is 12.2. The Bertz CT molecular complexity index is 409. The monoisotopic (exact) mass is 235 g/mol. The predicted molar refractivity (Wildman–Crippen MR) is 61.4 cm³/mol. The highest BCUT2D eigenvalue weighted by atomic mass is 19.1. The van der Waals surface area contributed by atoms with Crippen LogP contribution in [0.2, 0.25) is 0 Å². The number of nitriles is 1. The summed E-state index contributed by atoms with van der Waals surface area (Å²) in [5.41, 5.74) is 0. The zero-order valence-electron chi connectivity index (χ0n) is 9.51. The second-order valence-electron chi connectivity index (χ2n) is 3.87. The first kappa shape index (κ1) is 11.7. The van der Waals surface area contributed by atoms with Crippen LogP contribution in [0.5, 0.6) is 0 Å². The van der Waals surface area contributed by atoms with Gasteiger partial charge in [0.15, 0.2) is 0 Å². The summed E-state index contributed by atoms with van der Waals surface area (Å²) in [7, 11) is 0. The molecule has 1 fully saturated rings. The minimum absolute atomic E-state index is 0.189. The van der Waals surface area contributed by atoms with E-state index in [1.807, 2.05) is 6.07 Å². The van der Waals surface area contributed by atoms with Crippen molar-refractivity contribution in [3.05, 3.63) is 18.1 Å². The molecule has 6 heteroatoms. The van der Waals surface area contributed by atoms with E-state index in [0.29, 0.717) is 6.54 Å². The van der Waals surface area contributed by atoms with Crippen molar-refractivity contribution in [1.29, 1.82) is 5.26 Å². The number of hydrogen-bond donors (Lipinski definition) is 0. The van der Waals surface area contributed by atoms with Crippen LogP contribution in [-0.2, 0) is 0 Å². The molecule has 1 aliphatic heterocycles. The van der Waals surface area contributed by atoms with E-state index in [0.717, 1.165) is 32.0 Å². The van der Waals surface area contributed by atoms with E-state index in [4.69, 9.17) is 5.26 Å². The van der Waals surface area contributed by atoms with Crippen LogP contribution in [0.4, 0.5) is 10.2 Å². The summed E-state index contributed by atoms with van der Waals surface area (Å²) in [4.78, 5) is 12.2. The molecule has 2 heterocycles. The number of aromatic nitrogens is 2. The summed E-state index contributed by atoms with van der Waals surface area (Å²) in [5.74, 6) is 0.963. The molecule has 0 amide bonds. The van der Waals surface area contributed by atoms with Crippen LogP contribution < -0.4 is 4.90 Å². The van der Waals surface area contributed by atoms with Crippen LogP contribution in [0.15, 0.2) is 12.3 Å². The van der Waals surface area contributed by atoms with Gasteiger partial charge in [-0.25, -0.2) is 14.4 Å². The van der Waals surface area contributed by atoms with Gasteiger partial charge in [0.25, 0.3) is 0 Å².